The molecular weight excluding hydrogens is 432 g/mol. The van der Waals surface area contributed by atoms with Crippen LogP contribution in [0.2, 0.25) is 0 Å². The number of piperazine rings is 1. The molecule has 2 aromatic carbocycles. The summed E-state index contributed by atoms with van der Waals surface area (Å²) in [5.41, 5.74) is 8.02. The van der Waals surface area contributed by atoms with Crippen LogP contribution in [0.1, 0.15) is 30.5 Å². The van der Waals surface area contributed by atoms with E-state index in [-0.39, 0.29) is 5.92 Å². The second kappa shape index (κ2) is 9.31. The zero-order valence-corrected chi connectivity index (χ0v) is 20.4. The van der Waals surface area contributed by atoms with Crippen LogP contribution in [0.5, 0.6) is 0 Å². The van der Waals surface area contributed by atoms with E-state index in [9.17, 15) is 4.79 Å². The van der Waals surface area contributed by atoms with Gasteiger partial charge in [0, 0.05) is 50.4 Å². The van der Waals surface area contributed by atoms with Crippen molar-refractivity contribution in [3.8, 4) is 22.4 Å². The lowest BCUT2D eigenvalue weighted by Crippen LogP contribution is -2.50. The topological polar surface area (TPSA) is 40.9 Å². The maximum atomic E-state index is 12.7. The summed E-state index contributed by atoms with van der Waals surface area (Å²) >= 11 is 0. The van der Waals surface area contributed by atoms with Crippen molar-refractivity contribution >= 4 is 11.6 Å². The normalized spacial score (nSPS) is 17.0. The maximum Gasteiger partial charge on any atom is 0.225 e. The Bertz CT molecular complexity index is 1350. The Hall–Kier alpha value is -3.44. The number of amides is 1. The lowest BCUT2D eigenvalue weighted by Gasteiger charge is -2.38. The Balaban J connectivity index is 1.32. The first-order valence-corrected chi connectivity index (χ1v) is 12.8. The number of carbonyl (C=O) groups excluding carboxylic acids is 1. The summed E-state index contributed by atoms with van der Waals surface area (Å²) in [5.74, 6) is 0.656. The summed E-state index contributed by atoms with van der Waals surface area (Å²) < 4.78 is 2.27. The van der Waals surface area contributed by atoms with E-state index >= 15 is 0 Å². The molecule has 2 aliphatic rings. The smallest absolute Gasteiger partial charge is 0.225 e. The van der Waals surface area contributed by atoms with Crippen LogP contribution in [0.25, 0.3) is 28.0 Å². The molecule has 5 nitrogen and oxygen atoms in total. The molecule has 1 saturated carbocycles. The fourth-order valence-electron chi connectivity index (χ4n) is 5.32. The molecule has 5 heteroatoms. The fraction of sp³-hybridized carbons (Fsp3) is 0.333. The van der Waals surface area contributed by atoms with Gasteiger partial charge in [-0.2, -0.15) is 0 Å². The highest BCUT2D eigenvalue weighted by Gasteiger charge is 2.31. The van der Waals surface area contributed by atoms with Gasteiger partial charge in [0.25, 0.3) is 0 Å². The third-order valence-corrected chi connectivity index (χ3v) is 7.63. The molecule has 0 atom stereocenters. The summed E-state index contributed by atoms with van der Waals surface area (Å²) in [6.45, 7) is 6.39. The van der Waals surface area contributed by atoms with Crippen molar-refractivity contribution in [2.75, 3.05) is 26.2 Å². The monoisotopic (exact) mass is 464 g/mol. The van der Waals surface area contributed by atoms with Gasteiger partial charge >= 0.3 is 0 Å². The third-order valence-electron chi connectivity index (χ3n) is 7.63. The van der Waals surface area contributed by atoms with E-state index in [1.165, 1.54) is 28.8 Å². The molecular formula is C30H32N4O. The molecule has 0 N–H and O–H groups in total. The maximum absolute atomic E-state index is 12.7. The second-order valence-electron chi connectivity index (χ2n) is 10.0. The zero-order chi connectivity index (χ0) is 23.8. The number of hydrogen-bond acceptors (Lipinski definition) is 3. The molecule has 178 valence electrons. The van der Waals surface area contributed by atoms with E-state index in [2.05, 4.69) is 88.0 Å². The van der Waals surface area contributed by atoms with Crippen molar-refractivity contribution in [3.05, 3.63) is 84.2 Å². The van der Waals surface area contributed by atoms with Gasteiger partial charge < -0.3 is 9.30 Å². The molecule has 2 aromatic heterocycles. The number of benzene rings is 2. The van der Waals surface area contributed by atoms with Gasteiger partial charge in [-0.25, -0.2) is 4.98 Å². The van der Waals surface area contributed by atoms with Crippen molar-refractivity contribution in [2.45, 2.75) is 32.7 Å². The molecule has 3 heterocycles. The van der Waals surface area contributed by atoms with Gasteiger partial charge in [0.1, 0.15) is 5.65 Å². The predicted molar refractivity (Wildman–Crippen MR) is 140 cm³/mol. The van der Waals surface area contributed by atoms with Gasteiger partial charge in [-0.1, -0.05) is 66.6 Å². The lowest BCUT2D eigenvalue weighted by atomic mass is 9.84. The highest BCUT2D eigenvalue weighted by molar-refractivity contribution is 5.79. The number of aryl methyl sites for hydroxylation is 1. The quantitative estimate of drug-likeness (QED) is 0.396. The number of imidazole rings is 1. The average Bonchev–Trinajstić information content (AvgIpc) is 3.21. The van der Waals surface area contributed by atoms with Crippen LogP contribution in [0.15, 0.2) is 72.9 Å². The Morgan fingerprint density at radius 2 is 1.66 bits per heavy atom. The van der Waals surface area contributed by atoms with Crippen LogP contribution in [-0.2, 0) is 11.3 Å². The van der Waals surface area contributed by atoms with Crippen LogP contribution in [-0.4, -0.2) is 51.3 Å². The molecule has 2 fully saturated rings. The number of nitrogens with zero attached hydrogens (tertiary/aromatic N) is 4. The van der Waals surface area contributed by atoms with E-state index in [0.29, 0.717) is 5.91 Å². The van der Waals surface area contributed by atoms with Crippen LogP contribution in [0.4, 0.5) is 0 Å². The summed E-state index contributed by atoms with van der Waals surface area (Å²) in [7, 11) is 0. The van der Waals surface area contributed by atoms with Gasteiger partial charge in [-0.05, 0) is 43.0 Å². The summed E-state index contributed by atoms with van der Waals surface area (Å²) in [5, 5.41) is 0. The summed E-state index contributed by atoms with van der Waals surface area (Å²) in [6.07, 6.45) is 5.59. The lowest BCUT2D eigenvalue weighted by molar-refractivity contribution is -0.140. The Morgan fingerprint density at radius 3 is 2.37 bits per heavy atom. The Morgan fingerprint density at radius 1 is 0.886 bits per heavy atom. The Kier molecular flexibility index (Phi) is 5.86. The molecule has 1 amide bonds. The van der Waals surface area contributed by atoms with Gasteiger partial charge in [0.2, 0.25) is 5.91 Å². The second-order valence-corrected chi connectivity index (χ2v) is 10.0. The SMILES string of the molecule is Cc1cccc(-c2ccc3nc(-c4ccccc4)c(CN4CCN(C(=O)C5CCC5)CC4)n3c2)c1. The van der Waals surface area contributed by atoms with Gasteiger partial charge in [-0.15, -0.1) is 0 Å². The minimum Gasteiger partial charge on any atom is -0.340 e. The summed E-state index contributed by atoms with van der Waals surface area (Å²) in [4.78, 5) is 22.3. The first kappa shape index (κ1) is 22.1. The predicted octanol–water partition coefficient (Wildman–Crippen LogP) is 5.42. The highest BCUT2D eigenvalue weighted by Crippen LogP contribution is 2.30. The number of pyridine rings is 1. The molecule has 6 rings (SSSR count). The number of aromatic nitrogens is 2. The molecule has 0 spiro atoms. The molecule has 4 aromatic rings. The molecule has 0 radical (unpaired) electrons. The molecule has 0 unspecified atom stereocenters. The van der Waals surface area contributed by atoms with Crippen LogP contribution < -0.4 is 0 Å². The number of rotatable bonds is 5. The van der Waals surface area contributed by atoms with Crippen molar-refractivity contribution in [3.63, 3.8) is 0 Å². The van der Waals surface area contributed by atoms with E-state index in [4.69, 9.17) is 4.98 Å². The number of carbonyl (C=O) groups is 1. The average molecular weight is 465 g/mol. The van der Waals surface area contributed by atoms with Crippen molar-refractivity contribution < 1.29 is 4.79 Å². The van der Waals surface area contributed by atoms with Gasteiger partial charge in [0.15, 0.2) is 0 Å². The number of fused-ring (bicyclic) bond motifs is 1. The first-order valence-electron chi connectivity index (χ1n) is 12.8. The van der Waals surface area contributed by atoms with E-state index < -0.39 is 0 Å². The van der Waals surface area contributed by atoms with Crippen LogP contribution in [0.3, 0.4) is 0 Å². The van der Waals surface area contributed by atoms with E-state index in [1.54, 1.807) is 0 Å². The van der Waals surface area contributed by atoms with Gasteiger partial charge in [0.05, 0.1) is 11.4 Å². The molecule has 1 aliphatic heterocycles. The molecule has 0 bridgehead atoms. The Labute approximate surface area is 207 Å². The fourth-order valence-corrected chi connectivity index (χ4v) is 5.32. The minimum atomic E-state index is 0.282. The first-order chi connectivity index (χ1) is 17.2. The molecule has 1 saturated heterocycles. The minimum absolute atomic E-state index is 0.282. The highest BCUT2D eigenvalue weighted by atomic mass is 16.2. The van der Waals surface area contributed by atoms with Crippen molar-refractivity contribution in [1.82, 2.24) is 19.2 Å². The zero-order valence-electron chi connectivity index (χ0n) is 20.4. The molecule has 35 heavy (non-hydrogen) atoms. The van der Waals surface area contributed by atoms with Crippen molar-refractivity contribution in [2.24, 2.45) is 5.92 Å². The number of hydrogen-bond donors (Lipinski definition) is 0. The van der Waals surface area contributed by atoms with Crippen LogP contribution >= 0.6 is 0 Å². The third kappa shape index (κ3) is 4.37. The largest absolute Gasteiger partial charge is 0.340 e. The van der Waals surface area contributed by atoms with Crippen molar-refractivity contribution in [1.29, 1.82) is 0 Å². The van der Waals surface area contributed by atoms with Gasteiger partial charge in [-0.3, -0.25) is 9.69 Å². The van der Waals surface area contributed by atoms with E-state index in [1.807, 2.05) is 6.07 Å². The van der Waals surface area contributed by atoms with Crippen LogP contribution in [0, 0.1) is 12.8 Å². The standard InChI is InChI=1S/C30H32N4O/c1-22-7-5-12-25(19-22)26-13-14-28-31-29(23-8-3-2-4-9-23)27(34(28)20-26)21-32-15-17-33(18-16-32)30(35)24-10-6-11-24/h2-5,7-9,12-14,19-20,24H,6,10-11,15-18,21H2,1H3. The molecule has 1 aliphatic carbocycles. The van der Waals surface area contributed by atoms with E-state index in [0.717, 1.165) is 62.5 Å². The summed E-state index contributed by atoms with van der Waals surface area (Å²) in [6, 6.07) is 23.4.